The number of H-pyrrole nitrogens is 1. The smallest absolute Gasteiger partial charge is 0.352 e. The summed E-state index contributed by atoms with van der Waals surface area (Å²) in [5.41, 5.74) is 2.36. The summed E-state index contributed by atoms with van der Waals surface area (Å²) in [6, 6.07) is 6.58. The van der Waals surface area contributed by atoms with Crippen molar-refractivity contribution in [3.8, 4) is 11.4 Å². The number of nitrogens with zero attached hydrogens (tertiary/aromatic N) is 4. The lowest BCUT2D eigenvalue weighted by Gasteiger charge is -2.06. The third-order valence-corrected chi connectivity index (χ3v) is 3.67. The minimum absolute atomic E-state index is 0.446. The fraction of sp³-hybridized carbons (Fsp3) is 0.0588. The van der Waals surface area contributed by atoms with Crippen molar-refractivity contribution in [2.45, 2.75) is 6.18 Å². The van der Waals surface area contributed by atoms with E-state index < -0.39 is 11.7 Å². The molecule has 6 nitrogen and oxygen atoms in total. The van der Waals surface area contributed by atoms with Gasteiger partial charge in [-0.3, -0.25) is 0 Å². The van der Waals surface area contributed by atoms with Crippen LogP contribution in [0.2, 0.25) is 0 Å². The largest absolute Gasteiger partial charge is 0.416 e. The maximum atomic E-state index is 12.7. The number of alkyl halides is 3. The van der Waals surface area contributed by atoms with Crippen LogP contribution in [0.3, 0.4) is 0 Å². The molecule has 0 fully saturated rings. The fourth-order valence-electron chi connectivity index (χ4n) is 2.45. The van der Waals surface area contributed by atoms with E-state index in [4.69, 9.17) is 0 Å². The summed E-state index contributed by atoms with van der Waals surface area (Å²) in [6.07, 6.45) is 1.92. The maximum Gasteiger partial charge on any atom is 0.416 e. The lowest BCUT2D eigenvalue weighted by Crippen LogP contribution is -2.04. The highest BCUT2D eigenvalue weighted by Gasteiger charge is 2.30. The van der Waals surface area contributed by atoms with Crippen LogP contribution in [0.5, 0.6) is 0 Å². The number of aromatic nitrogens is 5. The van der Waals surface area contributed by atoms with E-state index in [0.717, 1.165) is 12.1 Å². The second kappa shape index (κ2) is 6.10. The molecule has 1 aromatic carbocycles. The molecule has 0 saturated carbocycles. The maximum absolute atomic E-state index is 12.7. The Morgan fingerprint density at radius 2 is 1.65 bits per heavy atom. The summed E-state index contributed by atoms with van der Waals surface area (Å²) in [4.78, 5) is 19.5. The topological polar surface area (TPSA) is 79.4 Å². The van der Waals surface area contributed by atoms with Crippen LogP contribution in [0.1, 0.15) is 5.56 Å². The van der Waals surface area contributed by atoms with E-state index in [-0.39, 0.29) is 0 Å². The highest BCUT2D eigenvalue weighted by Crippen LogP contribution is 2.31. The van der Waals surface area contributed by atoms with Gasteiger partial charge in [0.1, 0.15) is 17.7 Å². The molecule has 0 aliphatic heterocycles. The molecule has 9 heteroatoms. The Morgan fingerprint density at radius 1 is 0.923 bits per heavy atom. The van der Waals surface area contributed by atoms with Gasteiger partial charge < -0.3 is 10.3 Å². The third-order valence-electron chi connectivity index (χ3n) is 3.67. The van der Waals surface area contributed by atoms with Crippen molar-refractivity contribution in [2.24, 2.45) is 0 Å². The van der Waals surface area contributed by atoms with Gasteiger partial charge >= 0.3 is 6.18 Å². The molecule has 0 unspecified atom stereocenters. The Labute approximate surface area is 145 Å². The molecule has 0 bridgehead atoms. The molecular weight excluding hydrogens is 345 g/mol. The molecule has 4 aromatic rings. The van der Waals surface area contributed by atoms with Gasteiger partial charge in [-0.05, 0) is 18.2 Å². The third kappa shape index (κ3) is 3.18. The number of benzene rings is 1. The van der Waals surface area contributed by atoms with Crippen LogP contribution < -0.4 is 5.32 Å². The van der Waals surface area contributed by atoms with Gasteiger partial charge in [-0.15, -0.1) is 0 Å². The van der Waals surface area contributed by atoms with Crippen molar-refractivity contribution in [3.05, 3.63) is 60.8 Å². The minimum atomic E-state index is -4.37. The van der Waals surface area contributed by atoms with Gasteiger partial charge in [0.2, 0.25) is 0 Å². The number of anilines is 2. The molecule has 4 rings (SSSR count). The van der Waals surface area contributed by atoms with E-state index in [1.54, 1.807) is 24.7 Å². The van der Waals surface area contributed by atoms with E-state index in [2.05, 4.69) is 30.2 Å². The first-order valence-electron chi connectivity index (χ1n) is 7.54. The Balaban J connectivity index is 1.63. The second-order valence-electron chi connectivity index (χ2n) is 5.50. The second-order valence-corrected chi connectivity index (χ2v) is 5.50. The fourth-order valence-corrected chi connectivity index (χ4v) is 2.45. The zero-order chi connectivity index (χ0) is 18.1. The standard InChI is InChI=1S/C17H11F3N6/c18-17(19,20)11-3-1-10(2-4-11)15-25-14-5-12(8-23-16(14)26-15)24-13-6-21-9-22-7-13/h1-9,24H,(H,23,25,26). The van der Waals surface area contributed by atoms with Crippen molar-refractivity contribution in [3.63, 3.8) is 0 Å². The van der Waals surface area contributed by atoms with Crippen molar-refractivity contribution in [1.29, 1.82) is 0 Å². The molecule has 0 amide bonds. The summed E-state index contributed by atoms with van der Waals surface area (Å²) in [6.45, 7) is 0. The molecule has 3 heterocycles. The summed E-state index contributed by atoms with van der Waals surface area (Å²) < 4.78 is 38.0. The first-order valence-corrected chi connectivity index (χ1v) is 7.54. The summed E-state index contributed by atoms with van der Waals surface area (Å²) >= 11 is 0. The van der Waals surface area contributed by atoms with E-state index in [0.29, 0.717) is 33.9 Å². The first kappa shape index (κ1) is 16.0. The van der Waals surface area contributed by atoms with Crippen LogP contribution in [0.4, 0.5) is 24.5 Å². The number of hydrogen-bond acceptors (Lipinski definition) is 5. The molecule has 0 aliphatic carbocycles. The number of aromatic amines is 1. The van der Waals surface area contributed by atoms with Crippen molar-refractivity contribution in [1.82, 2.24) is 24.9 Å². The number of rotatable bonds is 3. The number of pyridine rings is 1. The zero-order valence-corrected chi connectivity index (χ0v) is 13.1. The predicted molar refractivity (Wildman–Crippen MR) is 89.6 cm³/mol. The lowest BCUT2D eigenvalue weighted by atomic mass is 10.1. The Bertz CT molecular complexity index is 1040. The van der Waals surface area contributed by atoms with Gasteiger partial charge in [-0.25, -0.2) is 19.9 Å². The summed E-state index contributed by atoms with van der Waals surface area (Å²) in [5.74, 6) is 0.446. The zero-order valence-electron chi connectivity index (χ0n) is 13.1. The molecule has 130 valence electrons. The van der Waals surface area contributed by atoms with Gasteiger partial charge in [0.15, 0.2) is 5.65 Å². The van der Waals surface area contributed by atoms with Crippen LogP contribution in [0, 0.1) is 0 Å². The van der Waals surface area contributed by atoms with Crippen LogP contribution in [0.25, 0.3) is 22.6 Å². The number of imidazole rings is 1. The van der Waals surface area contributed by atoms with Gasteiger partial charge in [-0.1, -0.05) is 12.1 Å². The van der Waals surface area contributed by atoms with Gasteiger partial charge in [0.25, 0.3) is 0 Å². The summed E-state index contributed by atoms with van der Waals surface area (Å²) in [5, 5.41) is 3.10. The number of halogens is 3. The van der Waals surface area contributed by atoms with E-state index in [9.17, 15) is 13.2 Å². The Kier molecular flexibility index (Phi) is 3.76. The lowest BCUT2D eigenvalue weighted by molar-refractivity contribution is -0.137. The number of nitrogens with one attached hydrogen (secondary N) is 2. The molecule has 0 spiro atoms. The summed E-state index contributed by atoms with van der Waals surface area (Å²) in [7, 11) is 0. The quantitative estimate of drug-likeness (QED) is 0.576. The average Bonchev–Trinajstić information content (AvgIpc) is 3.05. The SMILES string of the molecule is FC(F)(F)c1ccc(-c2nc3cc(Nc4cncnc4)cnc3[nH]2)cc1. The molecule has 0 aliphatic rings. The Morgan fingerprint density at radius 3 is 2.35 bits per heavy atom. The molecule has 0 saturated heterocycles. The molecule has 0 radical (unpaired) electrons. The molecule has 3 aromatic heterocycles. The van der Waals surface area contributed by atoms with Gasteiger partial charge in [-0.2, -0.15) is 13.2 Å². The first-order chi connectivity index (χ1) is 12.5. The van der Waals surface area contributed by atoms with Crippen LogP contribution in [-0.4, -0.2) is 24.9 Å². The monoisotopic (exact) mass is 356 g/mol. The normalized spacial score (nSPS) is 11.7. The van der Waals surface area contributed by atoms with Crippen molar-refractivity contribution < 1.29 is 13.2 Å². The Hall–Kier alpha value is -3.49. The molecular formula is C17H11F3N6. The minimum Gasteiger partial charge on any atom is -0.352 e. The molecule has 26 heavy (non-hydrogen) atoms. The van der Waals surface area contributed by atoms with E-state index in [1.165, 1.54) is 18.5 Å². The highest BCUT2D eigenvalue weighted by molar-refractivity contribution is 5.79. The molecule has 2 N–H and O–H groups in total. The predicted octanol–water partition coefficient (Wildman–Crippen LogP) is 4.18. The average molecular weight is 356 g/mol. The highest BCUT2D eigenvalue weighted by atomic mass is 19.4. The van der Waals surface area contributed by atoms with Crippen LogP contribution in [0.15, 0.2) is 55.2 Å². The van der Waals surface area contributed by atoms with Gasteiger partial charge in [0.05, 0.1) is 35.5 Å². The van der Waals surface area contributed by atoms with Crippen LogP contribution >= 0.6 is 0 Å². The van der Waals surface area contributed by atoms with Crippen molar-refractivity contribution >= 4 is 22.5 Å². The number of fused-ring (bicyclic) bond motifs is 1. The van der Waals surface area contributed by atoms with Crippen molar-refractivity contribution in [2.75, 3.05) is 5.32 Å². The molecule has 0 atom stereocenters. The van der Waals surface area contributed by atoms with Crippen LogP contribution in [-0.2, 0) is 6.18 Å². The number of hydrogen-bond donors (Lipinski definition) is 2. The van der Waals surface area contributed by atoms with Gasteiger partial charge in [0, 0.05) is 5.56 Å². The van der Waals surface area contributed by atoms with E-state index in [1.807, 2.05) is 0 Å². The van der Waals surface area contributed by atoms with E-state index >= 15 is 0 Å².